The average Bonchev–Trinajstić information content (AvgIpc) is 2.26. The maximum atomic E-state index is 10.9. The molecule has 0 spiro atoms. The van der Waals surface area contributed by atoms with Gasteiger partial charge in [0.2, 0.25) is 0 Å². The number of hydrogen-bond donors (Lipinski definition) is 1. The van der Waals surface area contributed by atoms with E-state index in [1.54, 1.807) is 6.92 Å². The lowest BCUT2D eigenvalue weighted by Crippen LogP contribution is -2.45. The van der Waals surface area contributed by atoms with E-state index in [4.69, 9.17) is 5.11 Å². The van der Waals surface area contributed by atoms with Crippen LogP contribution in [0.1, 0.15) is 52.9 Å². The highest BCUT2D eigenvalue weighted by atomic mass is 16.4. The summed E-state index contributed by atoms with van der Waals surface area (Å²) < 4.78 is 0. The fourth-order valence-electron chi connectivity index (χ4n) is 2.59. The Kier molecular flexibility index (Phi) is 5.26. The molecule has 16 heavy (non-hydrogen) atoms. The third-order valence-electron chi connectivity index (χ3n) is 3.61. The minimum absolute atomic E-state index is 0.260. The molecule has 0 aromatic heterocycles. The Morgan fingerprint density at radius 2 is 1.81 bits per heavy atom. The number of aliphatic carboxylic acids is 1. The first-order chi connectivity index (χ1) is 7.52. The molecule has 1 fully saturated rings. The van der Waals surface area contributed by atoms with Crippen LogP contribution >= 0.6 is 0 Å². The molecule has 0 bridgehead atoms. The fraction of sp³-hybridized carbons (Fsp3) is 0.923. The molecule has 0 heterocycles. The lowest BCUT2D eigenvalue weighted by Gasteiger charge is -2.38. The lowest BCUT2D eigenvalue weighted by atomic mass is 9.92. The van der Waals surface area contributed by atoms with Crippen LogP contribution in [0.5, 0.6) is 0 Å². The summed E-state index contributed by atoms with van der Waals surface area (Å²) in [6.45, 7) is 6.84. The molecular formula is C13H25NO2. The van der Waals surface area contributed by atoms with Crippen LogP contribution in [0, 0.1) is 5.92 Å². The van der Waals surface area contributed by atoms with Gasteiger partial charge in [0.25, 0.3) is 0 Å². The SMILES string of the molecule is CC(CN(C(C)C)C1CCCCC1)C(=O)O. The van der Waals surface area contributed by atoms with Crippen LogP contribution in [0.25, 0.3) is 0 Å². The molecule has 3 heteroatoms. The van der Waals surface area contributed by atoms with Gasteiger partial charge in [-0.2, -0.15) is 0 Å². The van der Waals surface area contributed by atoms with Crippen molar-refractivity contribution >= 4 is 5.97 Å². The number of carboxylic acid groups (broad SMARTS) is 1. The predicted octanol–water partition coefficient (Wildman–Crippen LogP) is 2.75. The second kappa shape index (κ2) is 6.24. The number of hydrogen-bond acceptors (Lipinski definition) is 2. The monoisotopic (exact) mass is 227 g/mol. The van der Waals surface area contributed by atoms with E-state index in [0.29, 0.717) is 18.6 Å². The van der Waals surface area contributed by atoms with Gasteiger partial charge in [-0.15, -0.1) is 0 Å². The van der Waals surface area contributed by atoms with Gasteiger partial charge in [-0.3, -0.25) is 9.69 Å². The molecule has 1 aliphatic carbocycles. The highest BCUT2D eigenvalue weighted by Crippen LogP contribution is 2.24. The second-order valence-electron chi connectivity index (χ2n) is 5.32. The Hall–Kier alpha value is -0.570. The number of carbonyl (C=O) groups is 1. The Morgan fingerprint density at radius 1 is 1.25 bits per heavy atom. The smallest absolute Gasteiger partial charge is 0.307 e. The average molecular weight is 227 g/mol. The molecule has 0 aliphatic heterocycles. The first-order valence-corrected chi connectivity index (χ1v) is 6.51. The van der Waals surface area contributed by atoms with Gasteiger partial charge in [0.15, 0.2) is 0 Å². The molecule has 1 atom stereocenters. The van der Waals surface area contributed by atoms with Crippen molar-refractivity contribution in [2.45, 2.75) is 65.0 Å². The van der Waals surface area contributed by atoms with Gasteiger partial charge in [0, 0.05) is 18.6 Å². The first-order valence-electron chi connectivity index (χ1n) is 6.51. The molecule has 3 nitrogen and oxygen atoms in total. The molecule has 1 saturated carbocycles. The van der Waals surface area contributed by atoms with Crippen LogP contribution in [0.15, 0.2) is 0 Å². The molecule has 1 N–H and O–H groups in total. The number of rotatable bonds is 5. The topological polar surface area (TPSA) is 40.5 Å². The van der Waals surface area contributed by atoms with Gasteiger partial charge in [-0.25, -0.2) is 0 Å². The Bertz CT molecular complexity index is 222. The molecule has 94 valence electrons. The van der Waals surface area contributed by atoms with Gasteiger partial charge in [-0.1, -0.05) is 26.2 Å². The molecule has 0 saturated heterocycles. The van der Waals surface area contributed by atoms with E-state index in [2.05, 4.69) is 18.7 Å². The van der Waals surface area contributed by atoms with E-state index >= 15 is 0 Å². The van der Waals surface area contributed by atoms with Crippen LogP contribution in [0.3, 0.4) is 0 Å². The summed E-state index contributed by atoms with van der Waals surface area (Å²) in [7, 11) is 0. The van der Waals surface area contributed by atoms with Crippen molar-refractivity contribution in [2.75, 3.05) is 6.54 Å². The molecule has 1 unspecified atom stereocenters. The minimum atomic E-state index is -0.679. The molecule has 0 amide bonds. The van der Waals surface area contributed by atoms with Crippen LogP contribution in [-0.4, -0.2) is 34.6 Å². The maximum Gasteiger partial charge on any atom is 0.307 e. The summed E-state index contributed by atoms with van der Waals surface area (Å²) in [4.78, 5) is 13.3. The van der Waals surface area contributed by atoms with Crippen LogP contribution < -0.4 is 0 Å². The molecule has 0 radical (unpaired) electrons. The summed E-state index contributed by atoms with van der Waals surface area (Å²) in [5.74, 6) is -0.939. The zero-order valence-electron chi connectivity index (χ0n) is 10.8. The second-order valence-corrected chi connectivity index (χ2v) is 5.32. The van der Waals surface area contributed by atoms with Crippen LogP contribution in [-0.2, 0) is 4.79 Å². The quantitative estimate of drug-likeness (QED) is 0.785. The van der Waals surface area contributed by atoms with Crippen molar-refractivity contribution in [2.24, 2.45) is 5.92 Å². The van der Waals surface area contributed by atoms with Gasteiger partial charge < -0.3 is 5.11 Å². The van der Waals surface area contributed by atoms with Crippen molar-refractivity contribution in [3.8, 4) is 0 Å². The third-order valence-corrected chi connectivity index (χ3v) is 3.61. The van der Waals surface area contributed by atoms with E-state index in [9.17, 15) is 4.79 Å². The summed E-state index contributed by atoms with van der Waals surface area (Å²) in [6, 6.07) is 1.06. The van der Waals surface area contributed by atoms with Gasteiger partial charge in [-0.05, 0) is 26.7 Å². The Balaban J connectivity index is 2.55. The highest BCUT2D eigenvalue weighted by Gasteiger charge is 2.26. The normalized spacial score (nSPS) is 20.3. The lowest BCUT2D eigenvalue weighted by molar-refractivity contribution is -0.142. The molecular weight excluding hydrogens is 202 g/mol. The van der Waals surface area contributed by atoms with Gasteiger partial charge in [0.1, 0.15) is 0 Å². The van der Waals surface area contributed by atoms with Crippen LogP contribution in [0.4, 0.5) is 0 Å². The zero-order chi connectivity index (χ0) is 12.1. The third kappa shape index (κ3) is 3.78. The number of carboxylic acids is 1. The summed E-state index contributed by atoms with van der Waals surface area (Å²) in [6.07, 6.45) is 6.43. The van der Waals surface area contributed by atoms with E-state index in [1.807, 2.05) is 0 Å². The van der Waals surface area contributed by atoms with Crippen molar-refractivity contribution in [3.63, 3.8) is 0 Å². The Morgan fingerprint density at radius 3 is 2.25 bits per heavy atom. The fourth-order valence-corrected chi connectivity index (χ4v) is 2.59. The number of nitrogens with zero attached hydrogens (tertiary/aromatic N) is 1. The molecule has 1 aliphatic rings. The van der Waals surface area contributed by atoms with Gasteiger partial charge >= 0.3 is 5.97 Å². The molecule has 0 aromatic carbocycles. The standard InChI is InChI=1S/C13H25NO2/c1-10(2)14(9-11(3)13(15)16)12-7-5-4-6-8-12/h10-12H,4-9H2,1-3H3,(H,15,16). The van der Waals surface area contributed by atoms with Crippen molar-refractivity contribution < 1.29 is 9.90 Å². The van der Waals surface area contributed by atoms with E-state index in [1.165, 1.54) is 32.1 Å². The summed E-state index contributed by atoms with van der Waals surface area (Å²) >= 11 is 0. The van der Waals surface area contributed by atoms with E-state index < -0.39 is 5.97 Å². The van der Waals surface area contributed by atoms with Crippen molar-refractivity contribution in [1.82, 2.24) is 4.90 Å². The van der Waals surface area contributed by atoms with E-state index in [0.717, 1.165) is 0 Å². The minimum Gasteiger partial charge on any atom is -0.481 e. The largest absolute Gasteiger partial charge is 0.481 e. The van der Waals surface area contributed by atoms with Crippen molar-refractivity contribution in [1.29, 1.82) is 0 Å². The summed E-state index contributed by atoms with van der Waals surface area (Å²) in [5.41, 5.74) is 0. The predicted molar refractivity (Wildman–Crippen MR) is 65.5 cm³/mol. The van der Waals surface area contributed by atoms with E-state index in [-0.39, 0.29) is 5.92 Å². The Labute approximate surface area is 98.8 Å². The molecule has 0 aromatic rings. The molecule has 1 rings (SSSR count). The first kappa shape index (κ1) is 13.5. The zero-order valence-corrected chi connectivity index (χ0v) is 10.8. The highest BCUT2D eigenvalue weighted by molar-refractivity contribution is 5.69. The summed E-state index contributed by atoms with van der Waals surface area (Å²) in [5, 5.41) is 8.98. The van der Waals surface area contributed by atoms with Crippen LogP contribution in [0.2, 0.25) is 0 Å². The van der Waals surface area contributed by atoms with Gasteiger partial charge in [0.05, 0.1) is 5.92 Å². The van der Waals surface area contributed by atoms with Crippen molar-refractivity contribution in [3.05, 3.63) is 0 Å². The maximum absolute atomic E-state index is 10.9.